The molecule has 1 aliphatic heterocycles. The summed E-state index contributed by atoms with van der Waals surface area (Å²) in [6, 6.07) is -0.000623. The molecule has 2 atom stereocenters. The Bertz CT molecular complexity index is 410. The van der Waals surface area contributed by atoms with Crippen LogP contribution in [0.25, 0.3) is 0 Å². The maximum Gasteiger partial charge on any atom is 0.306 e. The van der Waals surface area contributed by atoms with Crippen LogP contribution in [0.1, 0.15) is 33.1 Å². The average molecular weight is 292 g/mol. The molecular weight excluding hydrogens is 268 g/mol. The fraction of sp³-hybridized carbons (Fsp3) is 0.917. The van der Waals surface area contributed by atoms with Crippen LogP contribution in [0, 0.1) is 5.92 Å². The lowest BCUT2D eigenvalue weighted by molar-refractivity contribution is -0.140. The number of carbonyl (C=O) groups is 1. The number of methoxy groups -OCH3 is 1. The van der Waals surface area contributed by atoms with E-state index in [2.05, 4.69) is 11.7 Å². The van der Waals surface area contributed by atoms with E-state index in [1.165, 1.54) is 18.5 Å². The SMILES string of the molecule is COC(=O)CCN(C)S(=O)(=O)N1CCCC(C)C1C. The molecule has 0 amide bonds. The smallest absolute Gasteiger partial charge is 0.306 e. The Balaban J connectivity index is 2.70. The third kappa shape index (κ3) is 3.90. The topological polar surface area (TPSA) is 66.9 Å². The first-order valence-electron chi connectivity index (χ1n) is 6.60. The van der Waals surface area contributed by atoms with E-state index in [0.717, 1.165) is 12.8 Å². The molecule has 1 heterocycles. The van der Waals surface area contributed by atoms with Gasteiger partial charge >= 0.3 is 5.97 Å². The summed E-state index contributed by atoms with van der Waals surface area (Å²) < 4.78 is 32.2. The van der Waals surface area contributed by atoms with E-state index >= 15 is 0 Å². The Labute approximate surface area is 115 Å². The van der Waals surface area contributed by atoms with E-state index in [9.17, 15) is 13.2 Å². The van der Waals surface area contributed by atoms with E-state index in [0.29, 0.717) is 12.5 Å². The number of carbonyl (C=O) groups excluding carboxylic acids is 1. The van der Waals surface area contributed by atoms with Crippen LogP contribution in [0.4, 0.5) is 0 Å². The minimum atomic E-state index is -3.49. The second-order valence-corrected chi connectivity index (χ2v) is 7.11. The van der Waals surface area contributed by atoms with Crippen molar-refractivity contribution in [2.45, 2.75) is 39.2 Å². The maximum absolute atomic E-state index is 12.4. The number of esters is 1. The van der Waals surface area contributed by atoms with Crippen LogP contribution >= 0.6 is 0 Å². The molecule has 0 aromatic heterocycles. The molecule has 19 heavy (non-hydrogen) atoms. The molecule has 6 nitrogen and oxygen atoms in total. The Morgan fingerprint density at radius 1 is 1.42 bits per heavy atom. The number of nitrogens with zero attached hydrogens (tertiary/aromatic N) is 2. The van der Waals surface area contributed by atoms with Gasteiger partial charge in [0.1, 0.15) is 0 Å². The lowest BCUT2D eigenvalue weighted by atomic mass is 9.94. The summed E-state index contributed by atoms with van der Waals surface area (Å²) in [6.45, 7) is 4.71. The molecule has 1 saturated heterocycles. The van der Waals surface area contributed by atoms with Crippen molar-refractivity contribution >= 4 is 16.2 Å². The van der Waals surface area contributed by atoms with E-state index < -0.39 is 16.2 Å². The van der Waals surface area contributed by atoms with Crippen LogP contribution in [0.15, 0.2) is 0 Å². The summed E-state index contributed by atoms with van der Waals surface area (Å²) in [5.74, 6) is -0.0420. The highest BCUT2D eigenvalue weighted by atomic mass is 32.2. The van der Waals surface area contributed by atoms with Crippen LogP contribution in [0.2, 0.25) is 0 Å². The van der Waals surface area contributed by atoms with Gasteiger partial charge in [0.2, 0.25) is 0 Å². The quantitative estimate of drug-likeness (QED) is 0.705. The van der Waals surface area contributed by atoms with Crippen LogP contribution in [-0.4, -0.2) is 56.3 Å². The molecule has 0 saturated carbocycles. The summed E-state index contributed by atoms with van der Waals surface area (Å²) in [5.41, 5.74) is 0. The van der Waals surface area contributed by atoms with Crippen molar-refractivity contribution in [3.05, 3.63) is 0 Å². The predicted octanol–water partition coefficient (Wildman–Crippen LogP) is 0.846. The zero-order valence-corrected chi connectivity index (χ0v) is 12.9. The zero-order chi connectivity index (χ0) is 14.6. The van der Waals surface area contributed by atoms with Gasteiger partial charge in [-0.25, -0.2) is 0 Å². The van der Waals surface area contributed by atoms with Gasteiger partial charge in [0, 0.05) is 26.2 Å². The Kier molecular flexibility index (Phi) is 5.76. The molecule has 0 bridgehead atoms. The number of hydrogen-bond acceptors (Lipinski definition) is 4. The highest BCUT2D eigenvalue weighted by molar-refractivity contribution is 7.86. The molecule has 7 heteroatoms. The van der Waals surface area contributed by atoms with Crippen LogP contribution in [0.3, 0.4) is 0 Å². The van der Waals surface area contributed by atoms with Crippen molar-refractivity contribution in [1.29, 1.82) is 0 Å². The molecule has 1 aliphatic rings. The molecule has 1 rings (SSSR count). The molecule has 0 aromatic rings. The summed E-state index contributed by atoms with van der Waals surface area (Å²) in [7, 11) is -0.688. The second kappa shape index (κ2) is 6.67. The fourth-order valence-corrected chi connectivity index (χ4v) is 3.94. The largest absolute Gasteiger partial charge is 0.469 e. The van der Waals surface area contributed by atoms with Crippen molar-refractivity contribution < 1.29 is 17.9 Å². The Hall–Kier alpha value is -0.660. The van der Waals surface area contributed by atoms with Gasteiger partial charge in [-0.15, -0.1) is 0 Å². The summed E-state index contributed by atoms with van der Waals surface area (Å²) in [5, 5.41) is 0. The molecule has 1 fully saturated rings. The number of hydrogen-bond donors (Lipinski definition) is 0. The summed E-state index contributed by atoms with van der Waals surface area (Å²) in [4.78, 5) is 11.1. The number of rotatable bonds is 5. The molecule has 0 aliphatic carbocycles. The maximum atomic E-state index is 12.4. The van der Waals surface area contributed by atoms with Gasteiger partial charge in [-0.3, -0.25) is 4.79 Å². The van der Waals surface area contributed by atoms with Gasteiger partial charge < -0.3 is 4.74 Å². The van der Waals surface area contributed by atoms with Crippen molar-refractivity contribution in [3.63, 3.8) is 0 Å². The van der Waals surface area contributed by atoms with Crippen LogP contribution < -0.4 is 0 Å². The number of piperidine rings is 1. The van der Waals surface area contributed by atoms with E-state index in [1.54, 1.807) is 4.31 Å². The van der Waals surface area contributed by atoms with Crippen molar-refractivity contribution in [1.82, 2.24) is 8.61 Å². The van der Waals surface area contributed by atoms with Crippen molar-refractivity contribution in [3.8, 4) is 0 Å². The van der Waals surface area contributed by atoms with Gasteiger partial charge in [-0.05, 0) is 25.7 Å². The Morgan fingerprint density at radius 3 is 2.63 bits per heavy atom. The fourth-order valence-electron chi connectivity index (χ4n) is 2.27. The van der Waals surface area contributed by atoms with Gasteiger partial charge in [0.15, 0.2) is 0 Å². The highest BCUT2D eigenvalue weighted by Crippen LogP contribution is 2.26. The van der Waals surface area contributed by atoms with Crippen LogP contribution in [0.5, 0.6) is 0 Å². The lowest BCUT2D eigenvalue weighted by Gasteiger charge is -2.38. The third-order valence-corrected chi connectivity index (χ3v) is 5.94. The highest BCUT2D eigenvalue weighted by Gasteiger charge is 2.35. The van der Waals surface area contributed by atoms with Gasteiger partial charge in [0.25, 0.3) is 10.2 Å². The van der Waals surface area contributed by atoms with Crippen molar-refractivity contribution in [2.75, 3.05) is 27.2 Å². The first-order chi connectivity index (χ1) is 8.80. The molecule has 0 N–H and O–H groups in total. The Morgan fingerprint density at radius 2 is 2.05 bits per heavy atom. The normalized spacial score (nSPS) is 25.5. The molecule has 0 radical (unpaired) electrons. The minimum absolute atomic E-state index is 0.000623. The first-order valence-corrected chi connectivity index (χ1v) is 8.00. The van der Waals surface area contributed by atoms with E-state index in [-0.39, 0.29) is 19.0 Å². The summed E-state index contributed by atoms with van der Waals surface area (Å²) >= 11 is 0. The first kappa shape index (κ1) is 16.4. The standard InChI is InChI=1S/C12H24N2O4S/c1-10-6-5-8-14(11(10)2)19(16,17)13(3)9-7-12(15)18-4/h10-11H,5-9H2,1-4H3. The third-order valence-electron chi connectivity index (χ3n) is 3.86. The molecule has 0 spiro atoms. The molecule has 112 valence electrons. The molecule has 2 unspecified atom stereocenters. The minimum Gasteiger partial charge on any atom is -0.469 e. The van der Waals surface area contributed by atoms with Crippen molar-refractivity contribution in [2.24, 2.45) is 5.92 Å². The van der Waals surface area contributed by atoms with Crippen LogP contribution in [-0.2, 0) is 19.7 Å². The summed E-state index contributed by atoms with van der Waals surface area (Å²) in [6.07, 6.45) is 2.01. The predicted molar refractivity (Wildman–Crippen MR) is 72.7 cm³/mol. The number of ether oxygens (including phenoxy) is 1. The lowest BCUT2D eigenvalue weighted by Crippen LogP contribution is -2.51. The zero-order valence-electron chi connectivity index (χ0n) is 12.1. The van der Waals surface area contributed by atoms with E-state index in [1.807, 2.05) is 6.92 Å². The van der Waals surface area contributed by atoms with E-state index in [4.69, 9.17) is 0 Å². The second-order valence-electron chi connectivity index (χ2n) is 5.13. The van der Waals surface area contributed by atoms with Gasteiger partial charge in [0.05, 0.1) is 13.5 Å². The molecular formula is C12H24N2O4S. The van der Waals surface area contributed by atoms with Gasteiger partial charge in [-0.2, -0.15) is 17.0 Å². The monoisotopic (exact) mass is 292 g/mol. The molecule has 0 aromatic carbocycles. The van der Waals surface area contributed by atoms with Gasteiger partial charge in [-0.1, -0.05) is 6.92 Å². The average Bonchev–Trinajstić information content (AvgIpc) is 2.38.